The third kappa shape index (κ3) is 3.79. The molecular weight excluding hydrogens is 338 g/mol. The molecule has 0 aliphatic rings. The third-order valence-electron chi connectivity index (χ3n) is 4.33. The van der Waals surface area contributed by atoms with Crippen molar-refractivity contribution in [1.29, 1.82) is 0 Å². The summed E-state index contributed by atoms with van der Waals surface area (Å²) in [6.45, 7) is 4.77. The first-order valence-electron chi connectivity index (χ1n) is 9.10. The number of fused-ring (bicyclic) bond motifs is 1. The molecule has 1 N–H and O–H groups in total. The molecule has 0 atom stereocenters. The van der Waals surface area contributed by atoms with Crippen molar-refractivity contribution in [2.24, 2.45) is 0 Å². The van der Waals surface area contributed by atoms with Crippen molar-refractivity contribution in [3.63, 3.8) is 0 Å². The highest BCUT2D eigenvalue weighted by atomic mass is 16.5. The standard InChI is InChI=1S/C21H21N5O/c1-3-5-19-25-21(26-27-19)17-11-16-8-7-14(2)10-18(16)24-20(17)23-13-15-6-4-9-22-12-15/h4,6-12H,3,5,13H2,1-2H3,(H,23,24). The summed E-state index contributed by atoms with van der Waals surface area (Å²) in [7, 11) is 0. The fourth-order valence-corrected chi connectivity index (χ4v) is 2.95. The van der Waals surface area contributed by atoms with E-state index in [1.54, 1.807) is 6.20 Å². The van der Waals surface area contributed by atoms with E-state index >= 15 is 0 Å². The lowest BCUT2D eigenvalue weighted by Gasteiger charge is -2.11. The molecule has 0 unspecified atom stereocenters. The zero-order valence-corrected chi connectivity index (χ0v) is 15.4. The van der Waals surface area contributed by atoms with Gasteiger partial charge in [-0.05, 0) is 42.7 Å². The Morgan fingerprint density at radius 3 is 2.85 bits per heavy atom. The van der Waals surface area contributed by atoms with E-state index in [9.17, 15) is 0 Å². The number of aryl methyl sites for hydroxylation is 2. The Hall–Kier alpha value is -3.28. The van der Waals surface area contributed by atoms with Gasteiger partial charge in [0.1, 0.15) is 5.82 Å². The van der Waals surface area contributed by atoms with Crippen LogP contribution >= 0.6 is 0 Å². The van der Waals surface area contributed by atoms with Crippen LogP contribution in [-0.2, 0) is 13.0 Å². The lowest BCUT2D eigenvalue weighted by molar-refractivity contribution is 0.378. The summed E-state index contributed by atoms with van der Waals surface area (Å²) in [4.78, 5) is 13.5. The number of anilines is 1. The van der Waals surface area contributed by atoms with Crippen LogP contribution in [0.2, 0.25) is 0 Å². The van der Waals surface area contributed by atoms with Gasteiger partial charge in [-0.2, -0.15) is 4.98 Å². The van der Waals surface area contributed by atoms with Gasteiger partial charge in [0.2, 0.25) is 11.7 Å². The summed E-state index contributed by atoms with van der Waals surface area (Å²) < 4.78 is 5.38. The molecule has 0 radical (unpaired) electrons. The number of nitrogens with one attached hydrogen (secondary N) is 1. The van der Waals surface area contributed by atoms with E-state index in [0.717, 1.165) is 40.7 Å². The lowest BCUT2D eigenvalue weighted by Crippen LogP contribution is -2.04. The summed E-state index contributed by atoms with van der Waals surface area (Å²) in [5.74, 6) is 1.94. The zero-order valence-electron chi connectivity index (χ0n) is 15.4. The number of rotatable bonds is 6. The van der Waals surface area contributed by atoms with Crippen molar-refractivity contribution in [3.05, 3.63) is 65.8 Å². The molecular formula is C21H21N5O. The zero-order chi connectivity index (χ0) is 18.6. The van der Waals surface area contributed by atoms with Crippen molar-refractivity contribution in [2.45, 2.75) is 33.2 Å². The monoisotopic (exact) mass is 359 g/mol. The number of nitrogens with zero attached hydrogens (tertiary/aromatic N) is 4. The molecule has 3 aromatic heterocycles. The molecule has 6 heteroatoms. The van der Waals surface area contributed by atoms with Crippen molar-refractivity contribution in [2.75, 3.05) is 5.32 Å². The number of benzene rings is 1. The van der Waals surface area contributed by atoms with E-state index in [0.29, 0.717) is 18.3 Å². The van der Waals surface area contributed by atoms with Gasteiger partial charge in [0.25, 0.3) is 0 Å². The van der Waals surface area contributed by atoms with Crippen LogP contribution in [0.4, 0.5) is 5.82 Å². The second kappa shape index (κ2) is 7.53. The molecule has 0 spiro atoms. The van der Waals surface area contributed by atoms with Crippen molar-refractivity contribution in [3.8, 4) is 11.4 Å². The van der Waals surface area contributed by atoms with Crippen molar-refractivity contribution < 1.29 is 4.52 Å². The number of aromatic nitrogens is 4. The fraction of sp³-hybridized carbons (Fsp3) is 0.238. The van der Waals surface area contributed by atoms with Gasteiger partial charge in [-0.25, -0.2) is 4.98 Å². The molecule has 0 amide bonds. The molecule has 0 aliphatic carbocycles. The Morgan fingerprint density at radius 2 is 2.04 bits per heavy atom. The highest BCUT2D eigenvalue weighted by Crippen LogP contribution is 2.29. The van der Waals surface area contributed by atoms with E-state index in [1.807, 2.05) is 18.3 Å². The predicted molar refractivity (Wildman–Crippen MR) is 105 cm³/mol. The van der Waals surface area contributed by atoms with Crippen LogP contribution in [0.15, 0.2) is 53.3 Å². The van der Waals surface area contributed by atoms with Crippen LogP contribution < -0.4 is 5.32 Å². The molecule has 3 heterocycles. The highest BCUT2D eigenvalue weighted by Gasteiger charge is 2.15. The third-order valence-corrected chi connectivity index (χ3v) is 4.33. The Morgan fingerprint density at radius 1 is 1.11 bits per heavy atom. The maximum absolute atomic E-state index is 5.38. The lowest BCUT2D eigenvalue weighted by atomic mass is 10.1. The molecule has 0 saturated carbocycles. The summed E-state index contributed by atoms with van der Waals surface area (Å²) in [5, 5.41) is 8.62. The van der Waals surface area contributed by atoms with Crippen LogP contribution in [0.5, 0.6) is 0 Å². The van der Waals surface area contributed by atoms with Crippen LogP contribution in [-0.4, -0.2) is 20.1 Å². The van der Waals surface area contributed by atoms with E-state index in [-0.39, 0.29) is 0 Å². The number of hydrogen-bond donors (Lipinski definition) is 1. The summed E-state index contributed by atoms with van der Waals surface area (Å²) in [5.41, 5.74) is 4.02. The molecule has 0 aliphatic heterocycles. The van der Waals surface area contributed by atoms with Crippen molar-refractivity contribution >= 4 is 16.7 Å². The second-order valence-electron chi connectivity index (χ2n) is 6.56. The molecule has 4 aromatic rings. The summed E-state index contributed by atoms with van der Waals surface area (Å²) in [6, 6.07) is 12.2. The number of pyridine rings is 2. The van der Waals surface area contributed by atoms with Gasteiger partial charge in [-0.15, -0.1) is 0 Å². The SMILES string of the molecule is CCCc1nc(-c2cc3ccc(C)cc3nc2NCc2cccnc2)no1. The maximum Gasteiger partial charge on any atom is 0.226 e. The largest absolute Gasteiger partial charge is 0.365 e. The molecule has 0 saturated heterocycles. The van der Waals surface area contributed by atoms with E-state index < -0.39 is 0 Å². The first kappa shape index (κ1) is 17.1. The Kier molecular flexibility index (Phi) is 4.78. The average molecular weight is 359 g/mol. The predicted octanol–water partition coefficient (Wildman–Crippen LogP) is 4.55. The molecule has 6 nitrogen and oxygen atoms in total. The topological polar surface area (TPSA) is 76.7 Å². The van der Waals surface area contributed by atoms with Gasteiger partial charge in [-0.3, -0.25) is 4.98 Å². The Labute approximate surface area is 157 Å². The van der Waals surface area contributed by atoms with Crippen LogP contribution in [0.1, 0.15) is 30.4 Å². The molecule has 27 heavy (non-hydrogen) atoms. The molecule has 1 aromatic carbocycles. The molecule has 0 bridgehead atoms. The molecule has 4 rings (SSSR count). The first-order chi connectivity index (χ1) is 13.2. The van der Waals surface area contributed by atoms with E-state index in [1.165, 1.54) is 5.56 Å². The fourth-order valence-electron chi connectivity index (χ4n) is 2.95. The van der Waals surface area contributed by atoms with E-state index in [4.69, 9.17) is 9.51 Å². The minimum absolute atomic E-state index is 0.558. The summed E-state index contributed by atoms with van der Waals surface area (Å²) in [6.07, 6.45) is 5.33. The summed E-state index contributed by atoms with van der Waals surface area (Å²) >= 11 is 0. The molecule has 0 fully saturated rings. The van der Waals surface area contributed by atoms with Crippen molar-refractivity contribution in [1.82, 2.24) is 20.1 Å². The van der Waals surface area contributed by atoms with Crippen LogP contribution in [0.3, 0.4) is 0 Å². The Balaban J connectivity index is 1.75. The maximum atomic E-state index is 5.38. The van der Waals surface area contributed by atoms with E-state index in [2.05, 4.69) is 58.6 Å². The average Bonchev–Trinajstić information content (AvgIpc) is 3.15. The first-order valence-corrected chi connectivity index (χ1v) is 9.10. The minimum atomic E-state index is 0.558. The van der Waals surface area contributed by atoms with Gasteiger partial charge in [0.15, 0.2) is 0 Å². The number of hydrogen-bond acceptors (Lipinski definition) is 6. The van der Waals surface area contributed by atoms with Gasteiger partial charge in [-0.1, -0.05) is 30.3 Å². The quantitative estimate of drug-likeness (QED) is 0.544. The van der Waals surface area contributed by atoms with Crippen LogP contribution in [0, 0.1) is 6.92 Å². The minimum Gasteiger partial charge on any atom is -0.365 e. The van der Waals surface area contributed by atoms with Crippen LogP contribution in [0.25, 0.3) is 22.3 Å². The van der Waals surface area contributed by atoms with Gasteiger partial charge in [0.05, 0.1) is 11.1 Å². The second-order valence-corrected chi connectivity index (χ2v) is 6.56. The normalized spacial score (nSPS) is 11.0. The van der Waals surface area contributed by atoms with Gasteiger partial charge in [0, 0.05) is 30.7 Å². The smallest absolute Gasteiger partial charge is 0.226 e. The molecule has 136 valence electrons. The Bertz CT molecular complexity index is 1060. The van der Waals surface area contributed by atoms with Gasteiger partial charge >= 0.3 is 0 Å². The van der Waals surface area contributed by atoms with Gasteiger partial charge < -0.3 is 9.84 Å². The highest BCUT2D eigenvalue weighted by molar-refractivity contribution is 5.88.